The summed E-state index contributed by atoms with van der Waals surface area (Å²) in [5.74, 6) is 0. The van der Waals surface area contributed by atoms with Crippen molar-refractivity contribution in [2.75, 3.05) is 0 Å². The molecule has 2 fully saturated rings. The summed E-state index contributed by atoms with van der Waals surface area (Å²) in [6, 6.07) is 0.0475. The van der Waals surface area contributed by atoms with E-state index in [9.17, 15) is 4.79 Å². The second kappa shape index (κ2) is 2.37. The lowest BCUT2D eigenvalue weighted by Crippen LogP contribution is -2.40. The molecule has 2 bridgehead atoms. The molecule has 3 unspecified atom stereocenters. The van der Waals surface area contributed by atoms with Gasteiger partial charge in [-0.25, -0.2) is 4.79 Å². The number of carbonyl (C=O) groups is 1. The van der Waals surface area contributed by atoms with Crippen LogP contribution in [0, 0.1) is 0 Å². The lowest BCUT2D eigenvalue weighted by molar-refractivity contribution is 0.0965. The SMILES string of the molecule is O=C(O)NC1CC2CCC1O2. The largest absolute Gasteiger partial charge is 0.465 e. The summed E-state index contributed by atoms with van der Waals surface area (Å²) < 4.78 is 5.46. The third-order valence-corrected chi connectivity index (χ3v) is 2.41. The quantitative estimate of drug-likeness (QED) is 0.585. The molecule has 0 aromatic rings. The highest BCUT2D eigenvalue weighted by atomic mass is 16.5. The Labute approximate surface area is 64.5 Å². The fourth-order valence-corrected chi connectivity index (χ4v) is 1.95. The molecule has 62 valence electrons. The van der Waals surface area contributed by atoms with Gasteiger partial charge in [0.25, 0.3) is 0 Å². The van der Waals surface area contributed by atoms with E-state index in [4.69, 9.17) is 9.84 Å². The van der Waals surface area contributed by atoms with Gasteiger partial charge in [-0.3, -0.25) is 0 Å². The van der Waals surface area contributed by atoms with Crippen LogP contribution in [0.5, 0.6) is 0 Å². The topological polar surface area (TPSA) is 58.6 Å². The Morgan fingerprint density at radius 3 is 2.82 bits per heavy atom. The smallest absolute Gasteiger partial charge is 0.404 e. The van der Waals surface area contributed by atoms with Gasteiger partial charge in [-0.2, -0.15) is 0 Å². The fourth-order valence-electron chi connectivity index (χ4n) is 1.95. The Hall–Kier alpha value is -0.770. The number of hydrogen-bond donors (Lipinski definition) is 2. The summed E-state index contributed by atoms with van der Waals surface area (Å²) in [7, 11) is 0. The molecule has 2 saturated heterocycles. The Bertz CT molecular complexity index is 183. The first-order valence-electron chi connectivity index (χ1n) is 3.90. The summed E-state index contributed by atoms with van der Waals surface area (Å²) >= 11 is 0. The summed E-state index contributed by atoms with van der Waals surface area (Å²) in [6.45, 7) is 0. The summed E-state index contributed by atoms with van der Waals surface area (Å²) in [4.78, 5) is 10.3. The van der Waals surface area contributed by atoms with Crippen molar-refractivity contribution in [2.45, 2.75) is 37.5 Å². The number of amides is 1. The van der Waals surface area contributed by atoms with Crippen LogP contribution in [-0.2, 0) is 4.74 Å². The second-order valence-corrected chi connectivity index (χ2v) is 3.17. The summed E-state index contributed by atoms with van der Waals surface area (Å²) in [5.41, 5.74) is 0. The number of fused-ring (bicyclic) bond motifs is 2. The van der Waals surface area contributed by atoms with Gasteiger partial charge in [-0.1, -0.05) is 0 Å². The lowest BCUT2D eigenvalue weighted by atomic mass is 9.96. The van der Waals surface area contributed by atoms with Crippen LogP contribution in [0.3, 0.4) is 0 Å². The highest BCUT2D eigenvalue weighted by Crippen LogP contribution is 2.34. The minimum Gasteiger partial charge on any atom is -0.465 e. The molecule has 0 spiro atoms. The molecular formula is C7H11NO3. The van der Waals surface area contributed by atoms with Crippen molar-refractivity contribution >= 4 is 6.09 Å². The van der Waals surface area contributed by atoms with E-state index in [0.29, 0.717) is 6.10 Å². The van der Waals surface area contributed by atoms with E-state index in [1.807, 2.05) is 0 Å². The van der Waals surface area contributed by atoms with Crippen LogP contribution < -0.4 is 5.32 Å². The number of carboxylic acid groups (broad SMARTS) is 1. The molecule has 2 heterocycles. The minimum absolute atomic E-state index is 0.0475. The second-order valence-electron chi connectivity index (χ2n) is 3.17. The van der Waals surface area contributed by atoms with Gasteiger partial charge in [0.05, 0.1) is 18.2 Å². The van der Waals surface area contributed by atoms with E-state index >= 15 is 0 Å². The highest BCUT2D eigenvalue weighted by molar-refractivity contribution is 5.65. The van der Waals surface area contributed by atoms with E-state index in [-0.39, 0.29) is 12.1 Å². The zero-order valence-corrected chi connectivity index (χ0v) is 6.12. The molecule has 4 nitrogen and oxygen atoms in total. The van der Waals surface area contributed by atoms with Crippen molar-refractivity contribution in [1.82, 2.24) is 5.32 Å². The highest BCUT2D eigenvalue weighted by Gasteiger charge is 2.41. The maximum atomic E-state index is 10.3. The summed E-state index contributed by atoms with van der Waals surface area (Å²) in [5, 5.41) is 10.9. The average molecular weight is 157 g/mol. The van der Waals surface area contributed by atoms with Crippen LogP contribution in [0.4, 0.5) is 4.79 Å². The van der Waals surface area contributed by atoms with Crippen LogP contribution in [0.1, 0.15) is 19.3 Å². The normalized spacial score (nSPS) is 40.9. The van der Waals surface area contributed by atoms with Gasteiger partial charge >= 0.3 is 6.09 Å². The van der Waals surface area contributed by atoms with E-state index in [1.165, 1.54) is 0 Å². The fraction of sp³-hybridized carbons (Fsp3) is 0.857. The third-order valence-electron chi connectivity index (χ3n) is 2.41. The van der Waals surface area contributed by atoms with Crippen molar-refractivity contribution in [1.29, 1.82) is 0 Å². The van der Waals surface area contributed by atoms with Gasteiger partial charge in [-0.15, -0.1) is 0 Å². The van der Waals surface area contributed by atoms with Gasteiger partial charge < -0.3 is 15.2 Å². The molecule has 0 radical (unpaired) electrons. The number of ether oxygens (including phenoxy) is 1. The number of hydrogen-bond acceptors (Lipinski definition) is 2. The molecule has 4 heteroatoms. The van der Waals surface area contributed by atoms with Crippen molar-refractivity contribution < 1.29 is 14.6 Å². The maximum Gasteiger partial charge on any atom is 0.404 e. The third kappa shape index (κ3) is 1.18. The van der Waals surface area contributed by atoms with E-state index < -0.39 is 6.09 Å². The van der Waals surface area contributed by atoms with Gasteiger partial charge in [-0.05, 0) is 19.3 Å². The van der Waals surface area contributed by atoms with E-state index in [1.54, 1.807) is 0 Å². The zero-order chi connectivity index (χ0) is 7.84. The molecule has 1 amide bonds. The minimum atomic E-state index is -0.939. The average Bonchev–Trinajstić information content (AvgIpc) is 2.45. The molecule has 0 aromatic heterocycles. The molecule has 2 rings (SSSR count). The Kier molecular flexibility index (Phi) is 1.49. The monoisotopic (exact) mass is 157 g/mol. The molecule has 0 saturated carbocycles. The number of nitrogens with one attached hydrogen (secondary N) is 1. The molecule has 2 N–H and O–H groups in total. The first-order chi connectivity index (χ1) is 5.25. The first-order valence-corrected chi connectivity index (χ1v) is 3.90. The van der Waals surface area contributed by atoms with Crippen LogP contribution in [0.2, 0.25) is 0 Å². The molecule has 0 aromatic carbocycles. The van der Waals surface area contributed by atoms with Crippen molar-refractivity contribution in [3.63, 3.8) is 0 Å². The van der Waals surface area contributed by atoms with Crippen LogP contribution in [0.15, 0.2) is 0 Å². The Balaban J connectivity index is 1.92. The van der Waals surface area contributed by atoms with Gasteiger partial charge in [0.15, 0.2) is 0 Å². The van der Waals surface area contributed by atoms with Crippen molar-refractivity contribution in [2.24, 2.45) is 0 Å². The van der Waals surface area contributed by atoms with Gasteiger partial charge in [0.2, 0.25) is 0 Å². The van der Waals surface area contributed by atoms with E-state index in [0.717, 1.165) is 19.3 Å². The van der Waals surface area contributed by atoms with Gasteiger partial charge in [0.1, 0.15) is 0 Å². The molecule has 11 heavy (non-hydrogen) atoms. The zero-order valence-electron chi connectivity index (χ0n) is 6.12. The molecule has 2 aliphatic heterocycles. The predicted molar refractivity (Wildman–Crippen MR) is 37.5 cm³/mol. The van der Waals surface area contributed by atoms with E-state index in [2.05, 4.69) is 5.32 Å². The van der Waals surface area contributed by atoms with Crippen LogP contribution in [-0.4, -0.2) is 29.4 Å². The van der Waals surface area contributed by atoms with Crippen molar-refractivity contribution in [3.8, 4) is 0 Å². The number of rotatable bonds is 1. The standard InChI is InChI=1S/C7H11NO3/c9-7(10)8-5-3-4-1-2-6(5)11-4/h4-6,8H,1-3H2,(H,9,10). The predicted octanol–water partition coefficient (Wildman–Crippen LogP) is 0.574. The Morgan fingerprint density at radius 1 is 1.55 bits per heavy atom. The Morgan fingerprint density at radius 2 is 2.36 bits per heavy atom. The molecule has 0 aliphatic carbocycles. The first kappa shape index (κ1) is 6.91. The van der Waals surface area contributed by atoms with Crippen LogP contribution in [0.25, 0.3) is 0 Å². The lowest BCUT2D eigenvalue weighted by Gasteiger charge is -2.17. The van der Waals surface area contributed by atoms with Gasteiger partial charge in [0, 0.05) is 0 Å². The summed E-state index contributed by atoms with van der Waals surface area (Å²) in [6.07, 6.45) is 2.49. The van der Waals surface area contributed by atoms with Crippen LogP contribution >= 0.6 is 0 Å². The maximum absolute atomic E-state index is 10.3. The molecular weight excluding hydrogens is 146 g/mol. The van der Waals surface area contributed by atoms with Crippen molar-refractivity contribution in [3.05, 3.63) is 0 Å². The molecule has 3 atom stereocenters. The molecule has 2 aliphatic rings.